The van der Waals surface area contributed by atoms with Crippen molar-refractivity contribution in [2.45, 2.75) is 20.1 Å². The predicted molar refractivity (Wildman–Crippen MR) is 114 cm³/mol. The highest BCUT2D eigenvalue weighted by Crippen LogP contribution is 2.30. The first-order chi connectivity index (χ1) is 13.7. The minimum absolute atomic E-state index is 0.503. The summed E-state index contributed by atoms with van der Waals surface area (Å²) in [5, 5.41) is 3.94. The van der Waals surface area contributed by atoms with Crippen LogP contribution in [0.15, 0.2) is 66.7 Å². The zero-order valence-electron chi connectivity index (χ0n) is 16.1. The highest BCUT2D eigenvalue weighted by Gasteiger charge is 2.08. The van der Waals surface area contributed by atoms with Crippen molar-refractivity contribution < 1.29 is 14.2 Å². The van der Waals surface area contributed by atoms with Crippen molar-refractivity contribution in [3.8, 4) is 17.2 Å². The van der Waals surface area contributed by atoms with Crippen LogP contribution in [0, 0.1) is 0 Å². The summed E-state index contributed by atoms with van der Waals surface area (Å²) in [5.74, 6) is 2.14. The molecule has 0 saturated heterocycles. The van der Waals surface area contributed by atoms with E-state index >= 15 is 0 Å². The standard InChI is InChI=1S/C23H24ClNO3/c1-3-27-23-13-18(15-25-19-10-12-21(26-2)20(24)14-19)9-11-22(23)28-16-17-7-5-4-6-8-17/h4-14,25H,3,15-16H2,1-2H3. The van der Waals surface area contributed by atoms with Crippen molar-refractivity contribution in [2.75, 3.05) is 19.0 Å². The van der Waals surface area contributed by atoms with Crippen molar-refractivity contribution in [1.29, 1.82) is 0 Å². The van der Waals surface area contributed by atoms with Crippen molar-refractivity contribution in [3.05, 3.63) is 82.9 Å². The van der Waals surface area contributed by atoms with Gasteiger partial charge in [-0.25, -0.2) is 0 Å². The van der Waals surface area contributed by atoms with Gasteiger partial charge in [0, 0.05) is 12.2 Å². The largest absolute Gasteiger partial charge is 0.495 e. The number of hydrogen-bond acceptors (Lipinski definition) is 4. The highest BCUT2D eigenvalue weighted by molar-refractivity contribution is 6.32. The summed E-state index contributed by atoms with van der Waals surface area (Å²) >= 11 is 6.18. The Morgan fingerprint density at radius 2 is 1.61 bits per heavy atom. The molecule has 0 heterocycles. The lowest BCUT2D eigenvalue weighted by molar-refractivity contribution is 0.269. The van der Waals surface area contributed by atoms with Crippen LogP contribution in [0.3, 0.4) is 0 Å². The van der Waals surface area contributed by atoms with Crippen LogP contribution in [0.4, 0.5) is 5.69 Å². The number of anilines is 1. The van der Waals surface area contributed by atoms with Crippen molar-refractivity contribution in [1.82, 2.24) is 0 Å². The molecule has 4 nitrogen and oxygen atoms in total. The Bertz CT molecular complexity index is 900. The molecule has 0 spiro atoms. The fourth-order valence-corrected chi connectivity index (χ4v) is 3.02. The van der Waals surface area contributed by atoms with Gasteiger partial charge in [-0.1, -0.05) is 48.0 Å². The SMILES string of the molecule is CCOc1cc(CNc2ccc(OC)c(Cl)c2)ccc1OCc1ccccc1. The Balaban J connectivity index is 1.66. The van der Waals surface area contributed by atoms with Crippen molar-refractivity contribution in [3.63, 3.8) is 0 Å². The molecule has 0 amide bonds. The third-order valence-electron chi connectivity index (χ3n) is 4.19. The van der Waals surface area contributed by atoms with E-state index in [9.17, 15) is 0 Å². The average Bonchev–Trinajstić information content (AvgIpc) is 2.72. The fourth-order valence-electron chi connectivity index (χ4n) is 2.77. The molecule has 0 aliphatic carbocycles. The molecule has 1 N–H and O–H groups in total. The first-order valence-electron chi connectivity index (χ1n) is 9.19. The number of ether oxygens (including phenoxy) is 3. The molecular formula is C23H24ClNO3. The quantitative estimate of drug-likeness (QED) is 0.485. The number of hydrogen-bond donors (Lipinski definition) is 1. The zero-order valence-corrected chi connectivity index (χ0v) is 16.8. The second-order valence-electron chi connectivity index (χ2n) is 6.19. The second-order valence-corrected chi connectivity index (χ2v) is 6.60. The van der Waals surface area contributed by atoms with Crippen LogP contribution in [0.5, 0.6) is 17.2 Å². The van der Waals surface area contributed by atoms with Gasteiger partial charge in [0.05, 0.1) is 18.7 Å². The molecule has 3 aromatic rings. The number of rotatable bonds is 9. The van der Waals surface area contributed by atoms with Crippen LogP contribution in [0.1, 0.15) is 18.1 Å². The maximum Gasteiger partial charge on any atom is 0.161 e. The van der Waals surface area contributed by atoms with Crippen molar-refractivity contribution >= 4 is 17.3 Å². The van der Waals surface area contributed by atoms with E-state index in [2.05, 4.69) is 5.32 Å². The van der Waals surface area contributed by atoms with Gasteiger partial charge in [0.1, 0.15) is 12.4 Å². The Hall–Kier alpha value is -2.85. The van der Waals surface area contributed by atoms with Gasteiger partial charge in [0.2, 0.25) is 0 Å². The Kier molecular flexibility index (Phi) is 7.04. The van der Waals surface area contributed by atoms with E-state index < -0.39 is 0 Å². The molecule has 5 heteroatoms. The summed E-state index contributed by atoms with van der Waals surface area (Å²) in [7, 11) is 1.60. The molecule has 0 bridgehead atoms. The Morgan fingerprint density at radius 3 is 2.32 bits per heavy atom. The van der Waals surface area contributed by atoms with Gasteiger partial charge < -0.3 is 19.5 Å². The van der Waals surface area contributed by atoms with Gasteiger partial charge >= 0.3 is 0 Å². The molecule has 146 valence electrons. The summed E-state index contributed by atoms with van der Waals surface area (Å²) in [5.41, 5.74) is 3.13. The van der Waals surface area contributed by atoms with Gasteiger partial charge in [0.15, 0.2) is 11.5 Å². The van der Waals surface area contributed by atoms with Gasteiger partial charge in [-0.2, -0.15) is 0 Å². The lowest BCUT2D eigenvalue weighted by Gasteiger charge is -2.14. The molecule has 3 rings (SSSR count). The van der Waals surface area contributed by atoms with Crippen LogP contribution in [-0.4, -0.2) is 13.7 Å². The maximum absolute atomic E-state index is 6.18. The van der Waals surface area contributed by atoms with Gasteiger partial charge in [-0.15, -0.1) is 0 Å². The molecule has 0 aromatic heterocycles. The molecule has 3 aromatic carbocycles. The summed E-state index contributed by atoms with van der Waals surface area (Å²) in [6.07, 6.45) is 0. The summed E-state index contributed by atoms with van der Waals surface area (Å²) in [6, 6.07) is 21.7. The van der Waals surface area contributed by atoms with Crippen LogP contribution >= 0.6 is 11.6 Å². The minimum atomic E-state index is 0.503. The zero-order chi connectivity index (χ0) is 19.8. The summed E-state index contributed by atoms with van der Waals surface area (Å²) < 4.78 is 16.9. The van der Waals surface area contributed by atoms with E-state index in [4.69, 9.17) is 25.8 Å². The molecule has 0 saturated carbocycles. The van der Waals surface area contributed by atoms with E-state index in [1.165, 1.54) is 0 Å². The van der Waals surface area contributed by atoms with Gasteiger partial charge in [-0.05, 0) is 48.4 Å². The minimum Gasteiger partial charge on any atom is -0.495 e. The third kappa shape index (κ3) is 5.33. The van der Waals surface area contributed by atoms with E-state index in [1.54, 1.807) is 7.11 Å². The predicted octanol–water partition coefficient (Wildman–Crippen LogP) is 5.94. The second kappa shape index (κ2) is 9.90. The lowest BCUT2D eigenvalue weighted by Crippen LogP contribution is -2.03. The molecule has 0 fully saturated rings. The smallest absolute Gasteiger partial charge is 0.161 e. The summed E-state index contributed by atoms with van der Waals surface area (Å²) in [6.45, 7) is 3.68. The highest BCUT2D eigenvalue weighted by atomic mass is 35.5. The van der Waals surface area contributed by atoms with Gasteiger partial charge in [-0.3, -0.25) is 0 Å². The normalized spacial score (nSPS) is 10.4. The Labute approximate surface area is 171 Å². The first-order valence-corrected chi connectivity index (χ1v) is 9.57. The maximum atomic E-state index is 6.18. The molecule has 28 heavy (non-hydrogen) atoms. The van der Waals surface area contributed by atoms with Crippen LogP contribution < -0.4 is 19.5 Å². The molecule has 0 atom stereocenters. The Morgan fingerprint density at radius 1 is 0.821 bits per heavy atom. The molecule has 0 aliphatic rings. The van der Waals surface area contributed by atoms with Gasteiger partial charge in [0.25, 0.3) is 0 Å². The number of benzene rings is 3. The molecular weight excluding hydrogens is 374 g/mol. The molecule has 0 unspecified atom stereocenters. The van der Waals surface area contributed by atoms with Crippen molar-refractivity contribution in [2.24, 2.45) is 0 Å². The van der Waals surface area contributed by atoms with E-state index in [1.807, 2.05) is 73.7 Å². The average molecular weight is 398 g/mol. The topological polar surface area (TPSA) is 39.7 Å². The van der Waals surface area contributed by atoms with Crippen LogP contribution in [0.2, 0.25) is 5.02 Å². The third-order valence-corrected chi connectivity index (χ3v) is 4.49. The lowest BCUT2D eigenvalue weighted by atomic mass is 10.2. The van der Waals surface area contributed by atoms with Crippen LogP contribution in [0.25, 0.3) is 0 Å². The fraction of sp³-hybridized carbons (Fsp3) is 0.217. The molecule has 0 radical (unpaired) electrons. The monoisotopic (exact) mass is 397 g/mol. The molecule has 0 aliphatic heterocycles. The number of halogens is 1. The number of methoxy groups -OCH3 is 1. The van der Waals surface area contributed by atoms with E-state index in [0.717, 1.165) is 28.3 Å². The summed E-state index contributed by atoms with van der Waals surface area (Å²) in [4.78, 5) is 0. The van der Waals surface area contributed by atoms with E-state index in [-0.39, 0.29) is 0 Å². The first kappa shape index (κ1) is 19.9. The number of nitrogens with one attached hydrogen (secondary N) is 1. The van der Waals surface area contributed by atoms with Crippen LogP contribution in [-0.2, 0) is 13.2 Å². The van der Waals surface area contributed by atoms with E-state index in [0.29, 0.717) is 30.5 Å².